The lowest BCUT2D eigenvalue weighted by molar-refractivity contribution is 0.398. The Morgan fingerprint density at radius 1 is 0.822 bits per heavy atom. The molecule has 228 valence electrons. The van der Waals surface area contributed by atoms with Crippen LogP contribution in [0.2, 0.25) is 0 Å². The van der Waals surface area contributed by atoms with Gasteiger partial charge in [-0.2, -0.15) is 0 Å². The average molecular weight is 613 g/mol. The maximum atomic E-state index is 14.6. The summed E-state index contributed by atoms with van der Waals surface area (Å²) in [6, 6.07) is 19.6. The van der Waals surface area contributed by atoms with Gasteiger partial charge in [0.15, 0.2) is 0 Å². The van der Waals surface area contributed by atoms with Crippen LogP contribution in [0, 0.1) is 0 Å². The Balaban J connectivity index is 1.42. The van der Waals surface area contributed by atoms with Crippen LogP contribution in [0.4, 0.5) is 5.69 Å². The molecule has 45 heavy (non-hydrogen) atoms. The number of hydrogen-bond acceptors (Lipinski definition) is 5. The summed E-state index contributed by atoms with van der Waals surface area (Å²) >= 11 is 1.67. The minimum absolute atomic E-state index is 0.0516. The molecule has 4 nitrogen and oxygen atoms in total. The summed E-state index contributed by atoms with van der Waals surface area (Å²) in [5.41, 5.74) is 7.45. The predicted octanol–water partition coefficient (Wildman–Crippen LogP) is 10.6. The van der Waals surface area contributed by atoms with E-state index < -0.39 is 0 Å². The van der Waals surface area contributed by atoms with Crippen LogP contribution in [0.1, 0.15) is 95.2 Å². The molecule has 4 aromatic carbocycles. The highest BCUT2D eigenvalue weighted by Crippen LogP contribution is 2.54. The van der Waals surface area contributed by atoms with Crippen LogP contribution in [0.5, 0.6) is 0 Å². The van der Waals surface area contributed by atoms with Crippen LogP contribution in [0.25, 0.3) is 53.3 Å². The molecule has 0 unspecified atom stereocenters. The van der Waals surface area contributed by atoms with Gasteiger partial charge in [-0.3, -0.25) is 0 Å². The first-order chi connectivity index (χ1) is 21.7. The van der Waals surface area contributed by atoms with Crippen molar-refractivity contribution in [3.8, 4) is 10.6 Å². The Morgan fingerprint density at radius 2 is 1.47 bits per heavy atom. The zero-order valence-corrected chi connectivity index (χ0v) is 27.6. The van der Waals surface area contributed by atoms with Crippen molar-refractivity contribution in [2.45, 2.75) is 89.4 Å². The Kier molecular flexibility index (Phi) is 5.92. The normalized spacial score (nSPS) is 19.5. The van der Waals surface area contributed by atoms with Gasteiger partial charge in [-0.05, 0) is 70.4 Å². The summed E-state index contributed by atoms with van der Waals surface area (Å²) in [6.45, 7) is 11.6. The Bertz CT molecular complexity index is 2170. The third kappa shape index (κ3) is 3.95. The van der Waals surface area contributed by atoms with Crippen molar-refractivity contribution in [2.75, 3.05) is 18.0 Å². The molecule has 0 spiro atoms. The highest BCUT2D eigenvalue weighted by Gasteiger charge is 2.43. The summed E-state index contributed by atoms with van der Waals surface area (Å²) in [5.74, 6) is 0.320. The van der Waals surface area contributed by atoms with Crippen molar-refractivity contribution >= 4 is 59.8 Å². The molecule has 9 rings (SSSR count). The van der Waals surface area contributed by atoms with Gasteiger partial charge in [-0.15, -0.1) is 11.3 Å². The van der Waals surface area contributed by atoms with Gasteiger partial charge < -0.3 is 9.32 Å². The van der Waals surface area contributed by atoms with Crippen LogP contribution in [0.3, 0.4) is 0 Å². The molecule has 0 bridgehead atoms. The number of anilines is 1. The van der Waals surface area contributed by atoms with Gasteiger partial charge in [0.05, 0.1) is 10.2 Å². The van der Waals surface area contributed by atoms with Gasteiger partial charge in [-0.1, -0.05) is 95.5 Å². The first-order valence-corrected chi connectivity index (χ1v) is 17.7. The summed E-state index contributed by atoms with van der Waals surface area (Å²) in [7, 11) is 0. The molecule has 2 aromatic heterocycles. The molecule has 0 saturated heterocycles. The first-order valence-electron chi connectivity index (χ1n) is 16.9. The molecule has 2 aliphatic heterocycles. The molecular weight excluding hydrogens is 573 g/mol. The molecule has 0 amide bonds. The van der Waals surface area contributed by atoms with Gasteiger partial charge in [0.2, 0.25) is 0 Å². The molecule has 3 aliphatic rings. The van der Waals surface area contributed by atoms with Crippen molar-refractivity contribution in [1.82, 2.24) is 4.98 Å². The quantitative estimate of drug-likeness (QED) is 0.144. The number of nitrogens with zero attached hydrogens (tertiary/aromatic N) is 2. The Labute approximate surface area is 268 Å². The third-order valence-electron chi connectivity index (χ3n) is 11.4. The van der Waals surface area contributed by atoms with E-state index in [-0.39, 0.29) is 16.5 Å². The van der Waals surface area contributed by atoms with Gasteiger partial charge >= 0.3 is 5.63 Å². The maximum absolute atomic E-state index is 14.6. The predicted molar refractivity (Wildman–Crippen MR) is 189 cm³/mol. The van der Waals surface area contributed by atoms with E-state index in [1.165, 1.54) is 57.8 Å². The fraction of sp³-hybridized carbons (Fsp3) is 0.400. The van der Waals surface area contributed by atoms with E-state index in [0.717, 1.165) is 70.4 Å². The number of rotatable bonds is 2. The van der Waals surface area contributed by atoms with Crippen LogP contribution in [0.15, 0.2) is 63.8 Å². The highest BCUT2D eigenvalue weighted by atomic mass is 32.1. The fourth-order valence-electron chi connectivity index (χ4n) is 8.90. The minimum atomic E-state index is -0.227. The van der Waals surface area contributed by atoms with E-state index in [4.69, 9.17) is 9.40 Å². The second kappa shape index (κ2) is 9.65. The number of fused-ring (bicyclic) bond motifs is 8. The fourth-order valence-corrected chi connectivity index (χ4v) is 10.1. The number of hydrogen-bond donors (Lipinski definition) is 0. The van der Waals surface area contributed by atoms with Crippen LogP contribution < -0.4 is 10.5 Å². The Morgan fingerprint density at radius 3 is 2.20 bits per heavy atom. The molecule has 1 fully saturated rings. The summed E-state index contributed by atoms with van der Waals surface area (Å²) in [4.78, 5) is 22.5. The van der Waals surface area contributed by atoms with Crippen molar-refractivity contribution in [1.29, 1.82) is 0 Å². The van der Waals surface area contributed by atoms with Crippen molar-refractivity contribution < 1.29 is 4.42 Å². The molecule has 0 N–H and O–H groups in total. The second-order valence-electron chi connectivity index (χ2n) is 15.1. The molecule has 0 atom stereocenters. The largest absolute Gasteiger partial charge is 0.422 e. The topological polar surface area (TPSA) is 46.3 Å². The highest BCUT2D eigenvalue weighted by molar-refractivity contribution is 7.22. The number of benzene rings is 4. The van der Waals surface area contributed by atoms with E-state index >= 15 is 0 Å². The molecule has 1 aliphatic carbocycles. The van der Waals surface area contributed by atoms with Gasteiger partial charge in [0, 0.05) is 40.5 Å². The van der Waals surface area contributed by atoms with Crippen molar-refractivity contribution in [3.05, 3.63) is 81.7 Å². The third-order valence-corrected chi connectivity index (χ3v) is 12.6. The van der Waals surface area contributed by atoms with Crippen molar-refractivity contribution in [3.63, 3.8) is 0 Å². The van der Waals surface area contributed by atoms with Crippen LogP contribution in [-0.4, -0.2) is 18.1 Å². The number of thiazole rings is 1. The Hall–Kier alpha value is -3.70. The molecule has 1 saturated carbocycles. The van der Waals surface area contributed by atoms with E-state index in [2.05, 4.69) is 87.2 Å². The molecule has 4 heterocycles. The smallest absolute Gasteiger partial charge is 0.346 e. The van der Waals surface area contributed by atoms with E-state index in [9.17, 15) is 4.79 Å². The average Bonchev–Trinajstić information content (AvgIpc) is 3.49. The van der Waals surface area contributed by atoms with Gasteiger partial charge in [-0.25, -0.2) is 9.78 Å². The lowest BCUT2D eigenvalue weighted by Gasteiger charge is -2.48. The second-order valence-corrected chi connectivity index (χ2v) is 16.1. The first kappa shape index (κ1) is 27.6. The molecule has 0 radical (unpaired) electrons. The molecular formula is C40H40N2O2S. The van der Waals surface area contributed by atoms with E-state index in [0.29, 0.717) is 11.5 Å². The summed E-state index contributed by atoms with van der Waals surface area (Å²) in [6.07, 6.45) is 8.06. The van der Waals surface area contributed by atoms with Crippen molar-refractivity contribution in [2.24, 2.45) is 0 Å². The zero-order valence-electron chi connectivity index (χ0n) is 26.8. The minimum Gasteiger partial charge on any atom is -0.422 e. The van der Waals surface area contributed by atoms with Gasteiger partial charge in [0.1, 0.15) is 16.2 Å². The summed E-state index contributed by atoms with van der Waals surface area (Å²) < 4.78 is 7.75. The SMILES string of the molecule is CC1(C)CCN2CCC(C)(C)c3c2c1cc1c(C2CCCCC2)c(-c2nc4c5ccccc5c5ccccc5c4s2)c(=O)oc31. The zero-order chi connectivity index (χ0) is 30.7. The van der Waals surface area contributed by atoms with Crippen LogP contribution >= 0.6 is 11.3 Å². The molecule has 6 aromatic rings. The van der Waals surface area contributed by atoms with Gasteiger partial charge in [0.25, 0.3) is 0 Å². The number of aromatic nitrogens is 1. The van der Waals surface area contributed by atoms with E-state index in [1.807, 2.05) is 0 Å². The molecule has 5 heteroatoms. The standard InChI is InChI=1S/C40H40N2O2S/c1-39(2)18-20-42-21-19-40(3,4)32-34(42)29(39)22-28-30(23-12-6-5-7-13-23)31(38(43)44-35(28)32)37-41-33-26-16-10-8-14-24(26)25-15-9-11-17-27(25)36(33)45-37/h8-11,14-17,22-23H,5-7,12-13,18-21H2,1-4H3. The van der Waals surface area contributed by atoms with E-state index in [1.54, 1.807) is 11.3 Å². The maximum Gasteiger partial charge on any atom is 0.346 e. The monoisotopic (exact) mass is 612 g/mol. The summed E-state index contributed by atoms with van der Waals surface area (Å²) in [5, 5.41) is 6.73. The van der Waals surface area contributed by atoms with Crippen LogP contribution in [-0.2, 0) is 10.8 Å². The lowest BCUT2D eigenvalue weighted by Crippen LogP contribution is -2.44. The lowest BCUT2D eigenvalue weighted by atomic mass is 9.68.